The molecule has 0 aliphatic heterocycles. The monoisotopic (exact) mass is 206 g/mol. The van der Waals surface area contributed by atoms with Crippen LogP contribution in [0.25, 0.3) is 0 Å². The van der Waals surface area contributed by atoms with Gasteiger partial charge in [0.1, 0.15) is 0 Å². The van der Waals surface area contributed by atoms with E-state index in [1.807, 2.05) is 0 Å². The van der Waals surface area contributed by atoms with Gasteiger partial charge in [-0.1, -0.05) is 19.8 Å². The van der Waals surface area contributed by atoms with E-state index in [1.54, 1.807) is 13.1 Å². The molecule has 0 aromatic carbocycles. The number of hydrogen-bond donors (Lipinski definition) is 0. The Bertz CT molecular complexity index is 112. The lowest BCUT2D eigenvalue weighted by Crippen LogP contribution is -2.17. The molecule has 3 heteroatoms. The number of hydrogen-bond acceptors (Lipinski definition) is 1. The summed E-state index contributed by atoms with van der Waals surface area (Å²) in [5.74, 6) is 0. The predicted molar refractivity (Wildman–Crippen MR) is 58.4 cm³/mol. The van der Waals surface area contributed by atoms with Crippen molar-refractivity contribution in [3.63, 3.8) is 0 Å². The maximum Gasteiger partial charge on any atom is 0.240 e. The molecule has 0 aliphatic rings. The second-order valence-electron chi connectivity index (χ2n) is 4.14. The summed E-state index contributed by atoms with van der Waals surface area (Å²) in [6.07, 6.45) is 4.33. The summed E-state index contributed by atoms with van der Waals surface area (Å²) in [6, 6.07) is 0.782. The maximum atomic E-state index is 13.1. The van der Waals surface area contributed by atoms with Gasteiger partial charge in [0.2, 0.25) is 8.41 Å². The van der Waals surface area contributed by atoms with Crippen LogP contribution in [0.4, 0.5) is 4.11 Å². The highest BCUT2D eigenvalue weighted by Gasteiger charge is 2.18. The van der Waals surface area contributed by atoms with Crippen molar-refractivity contribution in [1.29, 1.82) is 0 Å². The maximum absolute atomic E-state index is 13.1. The van der Waals surface area contributed by atoms with Gasteiger partial charge in [0.15, 0.2) is 0 Å². The third kappa shape index (κ3) is 12.1. The quantitative estimate of drug-likeness (QED) is 0.334. The molecule has 0 radical (unpaired) electrons. The molecule has 0 saturated carbocycles. The van der Waals surface area contributed by atoms with Crippen molar-refractivity contribution in [3.05, 3.63) is 0 Å². The Hall–Kier alpha value is 0.107. The number of halogens is 1. The van der Waals surface area contributed by atoms with E-state index >= 15 is 0 Å². The van der Waals surface area contributed by atoms with Crippen LogP contribution in [0.5, 0.6) is 0 Å². The van der Waals surface area contributed by atoms with E-state index in [0.29, 0.717) is 0 Å². The van der Waals surface area contributed by atoms with Gasteiger partial charge in [-0.25, -0.2) is 0 Å². The fourth-order valence-corrected chi connectivity index (χ4v) is 2.19. The second kappa shape index (κ2) is 7.51. The highest BCUT2D eigenvalue weighted by molar-refractivity contribution is 6.70. The van der Waals surface area contributed by atoms with E-state index in [0.717, 1.165) is 38.5 Å². The summed E-state index contributed by atoms with van der Waals surface area (Å²) in [5, 5.41) is 0. The van der Waals surface area contributed by atoms with E-state index in [2.05, 4.69) is 6.92 Å². The lowest BCUT2D eigenvalue weighted by atomic mass is 10.3. The van der Waals surface area contributed by atoms with Crippen LogP contribution in [-0.2, 0) is 4.74 Å². The van der Waals surface area contributed by atoms with Gasteiger partial charge in [-0.3, -0.25) is 0 Å². The molecule has 0 amide bonds. The Morgan fingerprint density at radius 2 is 1.69 bits per heavy atom. The summed E-state index contributed by atoms with van der Waals surface area (Å²) in [6.45, 7) is 7.37. The highest BCUT2D eigenvalue weighted by Crippen LogP contribution is 2.14. The molecular formula is C10H23FOSi. The first kappa shape index (κ1) is 13.1. The van der Waals surface area contributed by atoms with E-state index in [4.69, 9.17) is 4.74 Å². The molecule has 0 rings (SSSR count). The minimum absolute atomic E-state index is 0.782. The SMILES string of the molecule is CCCCOCCCC[Si](C)(C)F. The van der Waals surface area contributed by atoms with Crippen LogP contribution < -0.4 is 0 Å². The molecule has 0 spiro atoms. The van der Waals surface area contributed by atoms with Crippen molar-refractivity contribution in [2.24, 2.45) is 0 Å². The molecule has 0 aromatic heterocycles. The van der Waals surface area contributed by atoms with E-state index < -0.39 is 8.41 Å². The Kier molecular flexibility index (Phi) is 7.57. The van der Waals surface area contributed by atoms with Crippen LogP contribution in [0.2, 0.25) is 19.1 Å². The van der Waals surface area contributed by atoms with Gasteiger partial charge in [-0.2, -0.15) is 0 Å². The summed E-state index contributed by atoms with van der Waals surface area (Å²) in [5.41, 5.74) is 0. The molecule has 13 heavy (non-hydrogen) atoms. The van der Waals surface area contributed by atoms with Crippen molar-refractivity contribution >= 4 is 8.41 Å². The molecule has 0 saturated heterocycles. The van der Waals surface area contributed by atoms with Gasteiger partial charge in [0.25, 0.3) is 0 Å². The third-order valence-corrected chi connectivity index (χ3v) is 3.49. The van der Waals surface area contributed by atoms with Crippen molar-refractivity contribution in [3.8, 4) is 0 Å². The van der Waals surface area contributed by atoms with Crippen LogP contribution in [0.15, 0.2) is 0 Å². The Morgan fingerprint density at radius 3 is 2.23 bits per heavy atom. The van der Waals surface area contributed by atoms with Crippen LogP contribution in [0, 0.1) is 0 Å². The normalized spacial score (nSPS) is 12.0. The lowest BCUT2D eigenvalue weighted by Gasteiger charge is -2.10. The molecule has 80 valence electrons. The molecule has 0 fully saturated rings. The number of unbranched alkanes of at least 4 members (excludes halogenated alkanes) is 2. The average molecular weight is 206 g/mol. The molecule has 0 unspecified atom stereocenters. The first-order chi connectivity index (χ1) is 6.06. The van der Waals surface area contributed by atoms with Crippen molar-refractivity contribution < 1.29 is 8.84 Å². The van der Waals surface area contributed by atoms with Crippen molar-refractivity contribution in [2.75, 3.05) is 13.2 Å². The summed E-state index contributed by atoms with van der Waals surface area (Å²) in [7, 11) is -2.29. The van der Waals surface area contributed by atoms with Crippen LogP contribution >= 0.6 is 0 Å². The molecule has 1 nitrogen and oxygen atoms in total. The van der Waals surface area contributed by atoms with Gasteiger partial charge in [-0.15, -0.1) is 0 Å². The minimum atomic E-state index is -2.29. The van der Waals surface area contributed by atoms with E-state index in [-0.39, 0.29) is 0 Å². The van der Waals surface area contributed by atoms with Crippen LogP contribution in [0.1, 0.15) is 32.6 Å². The zero-order valence-electron chi connectivity index (χ0n) is 9.24. The van der Waals surface area contributed by atoms with Gasteiger partial charge in [0.05, 0.1) is 0 Å². The predicted octanol–water partition coefficient (Wildman–Crippen LogP) is 3.76. The zero-order valence-corrected chi connectivity index (χ0v) is 10.2. The molecule has 0 atom stereocenters. The van der Waals surface area contributed by atoms with Gasteiger partial charge < -0.3 is 8.84 Å². The summed E-state index contributed by atoms with van der Waals surface area (Å²) < 4.78 is 18.5. The fraction of sp³-hybridized carbons (Fsp3) is 1.00. The van der Waals surface area contributed by atoms with Crippen molar-refractivity contribution in [2.45, 2.75) is 51.7 Å². The highest BCUT2D eigenvalue weighted by atomic mass is 28.4. The molecule has 0 bridgehead atoms. The molecule has 0 aliphatic carbocycles. The smallest absolute Gasteiger partial charge is 0.240 e. The topological polar surface area (TPSA) is 9.23 Å². The lowest BCUT2D eigenvalue weighted by molar-refractivity contribution is 0.128. The average Bonchev–Trinajstić information content (AvgIpc) is 2.01. The standard InChI is InChI=1S/C10H23FOSi/c1-4-5-8-12-9-6-7-10-13(2,3)11/h4-10H2,1-3H3. The third-order valence-electron chi connectivity index (χ3n) is 1.95. The Labute approximate surface area is 82.9 Å². The second-order valence-corrected chi connectivity index (χ2v) is 8.08. The molecule has 0 aromatic rings. The molecular weight excluding hydrogens is 183 g/mol. The number of rotatable bonds is 8. The largest absolute Gasteiger partial charge is 0.381 e. The van der Waals surface area contributed by atoms with Crippen LogP contribution in [-0.4, -0.2) is 21.6 Å². The first-order valence-electron chi connectivity index (χ1n) is 5.33. The summed E-state index contributed by atoms with van der Waals surface area (Å²) >= 11 is 0. The van der Waals surface area contributed by atoms with Crippen LogP contribution in [0.3, 0.4) is 0 Å². The first-order valence-corrected chi connectivity index (χ1v) is 8.41. The van der Waals surface area contributed by atoms with E-state index in [9.17, 15) is 4.11 Å². The van der Waals surface area contributed by atoms with Crippen molar-refractivity contribution in [1.82, 2.24) is 0 Å². The molecule has 0 heterocycles. The Morgan fingerprint density at radius 1 is 1.08 bits per heavy atom. The van der Waals surface area contributed by atoms with E-state index in [1.165, 1.54) is 6.42 Å². The molecule has 0 N–H and O–H groups in total. The zero-order chi connectivity index (χ0) is 10.2. The Balaban J connectivity index is 3.00. The minimum Gasteiger partial charge on any atom is -0.381 e. The van der Waals surface area contributed by atoms with Gasteiger partial charge >= 0.3 is 0 Å². The van der Waals surface area contributed by atoms with Gasteiger partial charge in [0, 0.05) is 13.2 Å². The summed E-state index contributed by atoms with van der Waals surface area (Å²) in [4.78, 5) is 0. The van der Waals surface area contributed by atoms with Gasteiger partial charge in [-0.05, 0) is 32.0 Å². The fourth-order valence-electron chi connectivity index (χ4n) is 1.10. The number of ether oxygens (including phenoxy) is 1.